The number of nitrogens with two attached hydrogens (primary N) is 1. The maximum absolute atomic E-state index is 12.9. The average Bonchev–Trinajstić information content (AvgIpc) is 2.14. The lowest BCUT2D eigenvalue weighted by atomic mass is 10.1. The fourth-order valence-electron chi connectivity index (χ4n) is 1.15. The Morgan fingerprint density at radius 3 is 1.89 bits per heavy atom. The van der Waals surface area contributed by atoms with Crippen LogP contribution in [0.5, 0.6) is 0 Å². The van der Waals surface area contributed by atoms with Crippen molar-refractivity contribution in [2.24, 2.45) is 5.73 Å². The molecule has 0 unspecified atom stereocenters. The van der Waals surface area contributed by atoms with Crippen LogP contribution in [0.15, 0.2) is 29.2 Å². The van der Waals surface area contributed by atoms with E-state index in [4.69, 9.17) is 4.55 Å². The van der Waals surface area contributed by atoms with Crippen LogP contribution in [0.3, 0.4) is 0 Å². The fourth-order valence-corrected chi connectivity index (χ4v) is 1.63. The smallest absolute Gasteiger partial charge is 0.282 e. The number of alkyl halides is 4. The van der Waals surface area contributed by atoms with Gasteiger partial charge in [0.25, 0.3) is 10.1 Å². The molecule has 3 N–H and O–H groups in total. The molecule has 9 heteroatoms. The van der Waals surface area contributed by atoms with E-state index in [0.29, 0.717) is 0 Å². The van der Waals surface area contributed by atoms with E-state index in [1.54, 1.807) is 0 Å². The van der Waals surface area contributed by atoms with Gasteiger partial charge in [0.15, 0.2) is 0 Å². The molecule has 0 amide bonds. The highest BCUT2D eigenvalue weighted by atomic mass is 32.2. The summed E-state index contributed by atoms with van der Waals surface area (Å²) in [5, 5.41) is 0. The van der Waals surface area contributed by atoms with Crippen LogP contribution in [0, 0.1) is 0 Å². The van der Waals surface area contributed by atoms with Crippen LogP contribution >= 0.6 is 0 Å². The van der Waals surface area contributed by atoms with Crippen LogP contribution in [-0.4, -0.2) is 24.9 Å². The van der Waals surface area contributed by atoms with Crippen LogP contribution in [0.1, 0.15) is 5.56 Å². The van der Waals surface area contributed by atoms with Crippen LogP contribution < -0.4 is 5.73 Å². The van der Waals surface area contributed by atoms with Crippen LogP contribution in [0.2, 0.25) is 0 Å². The topological polar surface area (TPSA) is 80.4 Å². The summed E-state index contributed by atoms with van der Waals surface area (Å²) in [5.74, 6) is -4.45. The molecular weight excluding hydrogens is 278 g/mol. The molecule has 0 aliphatic carbocycles. The first kappa shape index (κ1) is 14.9. The van der Waals surface area contributed by atoms with Crippen molar-refractivity contribution in [1.82, 2.24) is 0 Å². The van der Waals surface area contributed by atoms with E-state index in [2.05, 4.69) is 5.73 Å². The number of hydrogen-bond acceptors (Lipinski definition) is 3. The quantitative estimate of drug-likeness (QED) is 0.501. The van der Waals surface area contributed by atoms with E-state index in [-0.39, 0.29) is 5.56 Å². The summed E-state index contributed by atoms with van der Waals surface area (Å²) in [5.41, 5.74) is 3.80. The normalized spacial score (nSPS) is 13.7. The van der Waals surface area contributed by atoms with Crippen LogP contribution in [0.4, 0.5) is 17.6 Å². The Hall–Kier alpha value is -1.19. The van der Waals surface area contributed by atoms with E-state index in [1.165, 1.54) is 0 Å². The molecule has 0 radical (unpaired) electrons. The zero-order chi connectivity index (χ0) is 14.2. The molecule has 1 rings (SSSR count). The summed E-state index contributed by atoms with van der Waals surface area (Å²) in [4.78, 5) is -0.519. The van der Waals surface area contributed by atoms with Gasteiger partial charge in [0, 0.05) is 6.42 Å². The van der Waals surface area contributed by atoms with Gasteiger partial charge in [-0.25, -0.2) is 0 Å². The van der Waals surface area contributed by atoms with Gasteiger partial charge in [0.1, 0.15) is 0 Å². The molecule has 0 aliphatic rings. The summed E-state index contributed by atoms with van der Waals surface area (Å²) < 4.78 is 80.4. The molecule has 1 aromatic carbocycles. The third-order valence-electron chi connectivity index (χ3n) is 2.14. The van der Waals surface area contributed by atoms with Gasteiger partial charge in [-0.05, 0) is 17.7 Å². The molecule has 0 fully saturated rings. The molecule has 0 aliphatic heterocycles. The Labute approximate surface area is 100 Å². The fraction of sp³-hybridized carbons (Fsp3) is 0.333. The average molecular weight is 287 g/mol. The maximum atomic E-state index is 12.9. The standard InChI is InChI=1S/C9H9F4NO3S/c10-8(11,9(12,13)14)5-6-1-3-7(4-2-6)18(15,16)17/h1-4H,5,14H2,(H,15,16,17). The van der Waals surface area contributed by atoms with Crippen molar-refractivity contribution < 1.29 is 30.5 Å². The highest BCUT2D eigenvalue weighted by Crippen LogP contribution is 2.32. The second kappa shape index (κ2) is 4.48. The summed E-state index contributed by atoms with van der Waals surface area (Å²) >= 11 is 0. The Morgan fingerprint density at radius 1 is 1.11 bits per heavy atom. The van der Waals surface area contributed by atoms with Crippen molar-refractivity contribution in [2.75, 3.05) is 0 Å². The van der Waals surface area contributed by atoms with Gasteiger partial charge in [0.05, 0.1) is 4.90 Å². The van der Waals surface area contributed by atoms with Gasteiger partial charge >= 0.3 is 12.0 Å². The predicted molar refractivity (Wildman–Crippen MR) is 54.0 cm³/mol. The summed E-state index contributed by atoms with van der Waals surface area (Å²) in [6.45, 7) is 0. The van der Waals surface area contributed by atoms with Crippen molar-refractivity contribution in [3.63, 3.8) is 0 Å². The zero-order valence-electron chi connectivity index (χ0n) is 8.78. The molecule has 0 heterocycles. The lowest BCUT2D eigenvalue weighted by molar-refractivity contribution is -0.203. The number of halogens is 4. The lowest BCUT2D eigenvalue weighted by Crippen LogP contribution is -2.49. The minimum atomic E-state index is -4.67. The molecule has 1 aromatic rings. The minimum absolute atomic E-state index is 0.238. The molecule has 0 bridgehead atoms. The highest BCUT2D eigenvalue weighted by Gasteiger charge is 2.52. The zero-order valence-corrected chi connectivity index (χ0v) is 9.59. The van der Waals surface area contributed by atoms with E-state index >= 15 is 0 Å². The largest absolute Gasteiger partial charge is 0.363 e. The summed E-state index contributed by atoms with van der Waals surface area (Å²) in [7, 11) is -4.45. The van der Waals surface area contributed by atoms with E-state index in [9.17, 15) is 26.0 Å². The Morgan fingerprint density at radius 2 is 1.56 bits per heavy atom. The summed E-state index contributed by atoms with van der Waals surface area (Å²) in [6, 6.07) is -1.23. The van der Waals surface area contributed by atoms with E-state index in [0.717, 1.165) is 24.3 Å². The second-order valence-electron chi connectivity index (χ2n) is 3.62. The predicted octanol–water partition coefficient (Wildman–Crippen LogP) is 1.66. The van der Waals surface area contributed by atoms with Crippen LogP contribution in [-0.2, 0) is 16.5 Å². The van der Waals surface area contributed by atoms with Crippen molar-refractivity contribution in [3.05, 3.63) is 29.8 Å². The van der Waals surface area contributed by atoms with Crippen LogP contribution in [0.25, 0.3) is 0 Å². The van der Waals surface area contributed by atoms with E-state index in [1.807, 2.05) is 0 Å². The first-order chi connectivity index (χ1) is 7.93. The van der Waals surface area contributed by atoms with Gasteiger partial charge in [0.2, 0.25) is 0 Å². The minimum Gasteiger partial charge on any atom is -0.282 e. The molecule has 18 heavy (non-hydrogen) atoms. The Kier molecular flexibility index (Phi) is 3.70. The van der Waals surface area contributed by atoms with Gasteiger partial charge in [-0.3, -0.25) is 10.3 Å². The molecule has 4 nitrogen and oxygen atoms in total. The molecular formula is C9H9F4NO3S. The highest BCUT2D eigenvalue weighted by molar-refractivity contribution is 7.85. The van der Waals surface area contributed by atoms with Gasteiger partial charge in [-0.15, -0.1) is 0 Å². The van der Waals surface area contributed by atoms with Crippen molar-refractivity contribution in [2.45, 2.75) is 23.3 Å². The van der Waals surface area contributed by atoms with Crippen molar-refractivity contribution >= 4 is 10.1 Å². The second-order valence-corrected chi connectivity index (χ2v) is 5.04. The van der Waals surface area contributed by atoms with E-state index < -0.39 is 33.4 Å². The SMILES string of the molecule is NC(F)(F)C(F)(F)Cc1ccc(S(=O)(=O)O)cc1. The van der Waals surface area contributed by atoms with Gasteiger partial charge < -0.3 is 0 Å². The molecule has 0 saturated heterocycles. The number of rotatable bonds is 4. The maximum Gasteiger partial charge on any atom is 0.363 e. The first-order valence-electron chi connectivity index (χ1n) is 4.54. The number of hydrogen-bond donors (Lipinski definition) is 2. The molecule has 0 spiro atoms. The monoisotopic (exact) mass is 287 g/mol. The molecule has 0 saturated carbocycles. The molecule has 102 valence electrons. The van der Waals surface area contributed by atoms with Crippen molar-refractivity contribution in [1.29, 1.82) is 0 Å². The lowest BCUT2D eigenvalue weighted by Gasteiger charge is -2.22. The van der Waals surface area contributed by atoms with Gasteiger partial charge in [-0.1, -0.05) is 12.1 Å². The Bertz CT molecular complexity index is 522. The first-order valence-corrected chi connectivity index (χ1v) is 5.98. The third-order valence-corrected chi connectivity index (χ3v) is 3.00. The van der Waals surface area contributed by atoms with Gasteiger partial charge in [-0.2, -0.15) is 26.0 Å². The summed E-state index contributed by atoms with van der Waals surface area (Å²) in [6.07, 6.45) is -1.34. The Balaban J connectivity index is 2.95. The van der Waals surface area contributed by atoms with Crippen molar-refractivity contribution in [3.8, 4) is 0 Å². The molecule has 0 aromatic heterocycles. The number of benzene rings is 1. The molecule has 0 atom stereocenters. The third kappa shape index (κ3) is 3.40.